The number of fused-ring (bicyclic) bond motifs is 4. The van der Waals surface area contributed by atoms with Gasteiger partial charge in [-0.05, 0) is 73.3 Å². The first-order valence-corrected chi connectivity index (χ1v) is 14.9. The molecule has 1 amide bonds. The van der Waals surface area contributed by atoms with Crippen LogP contribution in [0.3, 0.4) is 0 Å². The highest BCUT2D eigenvalue weighted by atomic mass is 16.1. The van der Waals surface area contributed by atoms with Crippen molar-refractivity contribution >= 4 is 22.5 Å². The molecule has 4 nitrogen and oxygen atoms in total. The van der Waals surface area contributed by atoms with E-state index < -0.39 is 0 Å². The van der Waals surface area contributed by atoms with Crippen LogP contribution < -0.4 is 5.32 Å². The Morgan fingerprint density at radius 2 is 1.77 bits per heavy atom. The van der Waals surface area contributed by atoms with Gasteiger partial charge in [-0.2, -0.15) is 0 Å². The summed E-state index contributed by atoms with van der Waals surface area (Å²) in [7, 11) is 0. The fourth-order valence-corrected chi connectivity index (χ4v) is 5.86. The van der Waals surface area contributed by atoms with Crippen molar-refractivity contribution < 1.29 is 4.79 Å². The number of anilines is 1. The Kier molecular flexibility index (Phi) is 9.05. The Morgan fingerprint density at radius 1 is 0.975 bits per heavy atom. The average Bonchev–Trinajstić information content (AvgIpc) is 2.96. The number of nitrogens with zero attached hydrogens (tertiary/aromatic N) is 2. The summed E-state index contributed by atoms with van der Waals surface area (Å²) in [5.74, 6) is 1.07. The number of nitrogens with one attached hydrogen (secondary N) is 1. The number of aromatic nitrogens is 2. The number of allylic oxidation sites excluding steroid dienone is 2. The summed E-state index contributed by atoms with van der Waals surface area (Å²) in [6.45, 7) is 6.72. The Hall–Kier alpha value is -3.79. The van der Waals surface area contributed by atoms with Crippen molar-refractivity contribution in [1.29, 1.82) is 0 Å². The van der Waals surface area contributed by atoms with E-state index in [1.807, 2.05) is 18.2 Å². The van der Waals surface area contributed by atoms with Crippen molar-refractivity contribution in [3.8, 4) is 11.3 Å². The molecule has 1 atom stereocenters. The van der Waals surface area contributed by atoms with E-state index in [2.05, 4.69) is 80.7 Å². The molecule has 1 aliphatic rings. The second kappa shape index (κ2) is 13.0. The van der Waals surface area contributed by atoms with Crippen molar-refractivity contribution in [3.63, 3.8) is 0 Å². The van der Waals surface area contributed by atoms with Gasteiger partial charge in [0.1, 0.15) is 0 Å². The van der Waals surface area contributed by atoms with Crippen molar-refractivity contribution in [2.75, 3.05) is 5.32 Å². The van der Waals surface area contributed by atoms with Gasteiger partial charge in [0.05, 0.1) is 23.5 Å². The first kappa shape index (κ1) is 27.8. The van der Waals surface area contributed by atoms with Crippen LogP contribution in [0.15, 0.2) is 78.4 Å². The number of rotatable bonds is 11. The van der Waals surface area contributed by atoms with Crippen molar-refractivity contribution in [1.82, 2.24) is 9.97 Å². The molecule has 4 aromatic rings. The molecule has 1 aliphatic carbocycles. The zero-order valence-corrected chi connectivity index (χ0v) is 24.2. The van der Waals surface area contributed by atoms with Crippen LogP contribution in [0.2, 0.25) is 0 Å². The van der Waals surface area contributed by atoms with E-state index in [4.69, 9.17) is 9.97 Å². The minimum Gasteiger partial charge on any atom is -0.309 e. The SMILES string of the molecule is CCC/C(C)=C\CCC(CC)Cc1nc2c(nc1NC(=O)Cc1ccc3ccccc3c1)CCc1ccccc1-2. The molecular weight excluding hydrogens is 490 g/mol. The molecule has 0 aliphatic heterocycles. The van der Waals surface area contributed by atoms with Gasteiger partial charge in [-0.15, -0.1) is 0 Å². The standard InChI is InChI=1S/C36H41N3O/c1-4-11-25(3)12-10-13-26(5-2)23-33-36(38-32-21-20-29-15-8-9-17-31(29)35(32)37-33)39-34(40)24-27-18-19-28-14-6-7-16-30(28)22-27/h6-9,12,14-19,22,26H,4-5,10-11,13,20-21,23-24H2,1-3H3,(H,38,39,40)/b25-12-. The molecule has 1 heterocycles. The van der Waals surface area contributed by atoms with Gasteiger partial charge in [0.25, 0.3) is 0 Å². The third kappa shape index (κ3) is 6.67. The third-order valence-corrected chi connectivity index (χ3v) is 8.15. The molecule has 206 valence electrons. The monoisotopic (exact) mass is 531 g/mol. The predicted molar refractivity (Wildman–Crippen MR) is 167 cm³/mol. The lowest BCUT2D eigenvalue weighted by molar-refractivity contribution is -0.115. The largest absolute Gasteiger partial charge is 0.309 e. The smallest absolute Gasteiger partial charge is 0.229 e. The first-order chi connectivity index (χ1) is 19.5. The fourth-order valence-electron chi connectivity index (χ4n) is 5.86. The molecule has 1 aromatic heterocycles. The molecule has 0 fully saturated rings. The molecule has 1 N–H and O–H groups in total. The maximum atomic E-state index is 13.3. The summed E-state index contributed by atoms with van der Waals surface area (Å²) in [5, 5.41) is 5.51. The van der Waals surface area contributed by atoms with Gasteiger partial charge in [0, 0.05) is 5.56 Å². The van der Waals surface area contributed by atoms with Crippen LogP contribution in [-0.4, -0.2) is 15.9 Å². The lowest BCUT2D eigenvalue weighted by Crippen LogP contribution is -2.21. The second-order valence-corrected chi connectivity index (χ2v) is 11.2. The van der Waals surface area contributed by atoms with Crippen LogP contribution in [-0.2, 0) is 30.5 Å². The van der Waals surface area contributed by atoms with Crippen LogP contribution in [0.4, 0.5) is 5.82 Å². The summed E-state index contributed by atoms with van der Waals surface area (Å²) in [6.07, 6.45) is 10.9. The number of hydrogen-bond donors (Lipinski definition) is 1. The molecule has 1 unspecified atom stereocenters. The number of amides is 1. The third-order valence-electron chi connectivity index (χ3n) is 8.15. The normalized spacial score (nSPS) is 13.5. The Balaban J connectivity index is 1.40. The number of hydrogen-bond acceptors (Lipinski definition) is 3. The maximum Gasteiger partial charge on any atom is 0.229 e. The van der Waals surface area contributed by atoms with Gasteiger partial charge in [0.15, 0.2) is 5.82 Å². The number of carbonyl (C=O) groups excluding carboxylic acids is 1. The Morgan fingerprint density at radius 3 is 2.60 bits per heavy atom. The van der Waals surface area contributed by atoms with E-state index in [0.717, 1.165) is 66.6 Å². The van der Waals surface area contributed by atoms with Gasteiger partial charge in [-0.3, -0.25) is 4.79 Å². The summed E-state index contributed by atoms with van der Waals surface area (Å²) in [6, 6.07) is 23.0. The van der Waals surface area contributed by atoms with Crippen LogP contribution in [0.5, 0.6) is 0 Å². The summed E-state index contributed by atoms with van der Waals surface area (Å²) in [5.41, 5.74) is 7.85. The van der Waals surface area contributed by atoms with Gasteiger partial charge < -0.3 is 5.32 Å². The number of carbonyl (C=O) groups is 1. The molecule has 0 saturated carbocycles. The second-order valence-electron chi connectivity index (χ2n) is 11.2. The van der Waals surface area contributed by atoms with E-state index in [9.17, 15) is 4.79 Å². The predicted octanol–water partition coefficient (Wildman–Crippen LogP) is 8.67. The quantitative estimate of drug-likeness (QED) is 0.197. The highest BCUT2D eigenvalue weighted by molar-refractivity contribution is 5.93. The van der Waals surface area contributed by atoms with Crippen LogP contribution in [0.1, 0.15) is 75.4 Å². The van der Waals surface area contributed by atoms with Crippen molar-refractivity contribution in [2.45, 2.75) is 78.6 Å². The van der Waals surface area contributed by atoms with E-state index >= 15 is 0 Å². The van der Waals surface area contributed by atoms with E-state index in [1.165, 1.54) is 34.9 Å². The van der Waals surface area contributed by atoms with Crippen LogP contribution in [0, 0.1) is 5.92 Å². The van der Waals surface area contributed by atoms with Crippen LogP contribution in [0.25, 0.3) is 22.0 Å². The number of benzene rings is 3. The fraction of sp³-hybridized carbons (Fsp3) is 0.361. The molecule has 40 heavy (non-hydrogen) atoms. The molecule has 0 radical (unpaired) electrons. The Labute approximate surface area is 239 Å². The van der Waals surface area contributed by atoms with Gasteiger partial charge >= 0.3 is 0 Å². The van der Waals surface area contributed by atoms with Crippen molar-refractivity contribution in [2.24, 2.45) is 5.92 Å². The minimum atomic E-state index is -0.0480. The maximum absolute atomic E-state index is 13.3. The van der Waals surface area contributed by atoms with Gasteiger partial charge in [-0.1, -0.05) is 105 Å². The van der Waals surface area contributed by atoms with E-state index in [-0.39, 0.29) is 5.91 Å². The molecule has 0 bridgehead atoms. The van der Waals surface area contributed by atoms with E-state index in [0.29, 0.717) is 18.2 Å². The molecule has 0 saturated heterocycles. The zero-order chi connectivity index (χ0) is 27.9. The molecule has 3 aromatic carbocycles. The minimum absolute atomic E-state index is 0.0480. The molecular formula is C36H41N3O. The Bertz CT molecular complexity index is 1520. The summed E-state index contributed by atoms with van der Waals surface area (Å²) >= 11 is 0. The van der Waals surface area contributed by atoms with Crippen molar-refractivity contribution in [3.05, 3.63) is 101 Å². The highest BCUT2D eigenvalue weighted by Gasteiger charge is 2.23. The topological polar surface area (TPSA) is 54.9 Å². The van der Waals surface area contributed by atoms with Gasteiger partial charge in [-0.25, -0.2) is 9.97 Å². The highest BCUT2D eigenvalue weighted by Crippen LogP contribution is 2.34. The summed E-state index contributed by atoms with van der Waals surface area (Å²) < 4.78 is 0. The average molecular weight is 532 g/mol. The molecule has 5 rings (SSSR count). The molecule has 4 heteroatoms. The molecule has 0 spiro atoms. The summed E-state index contributed by atoms with van der Waals surface area (Å²) in [4.78, 5) is 23.6. The van der Waals surface area contributed by atoms with E-state index in [1.54, 1.807) is 0 Å². The van der Waals surface area contributed by atoms with Gasteiger partial charge in [0.2, 0.25) is 5.91 Å². The van der Waals surface area contributed by atoms with Crippen LogP contribution >= 0.6 is 0 Å². The number of aryl methyl sites for hydroxylation is 2. The lowest BCUT2D eigenvalue weighted by atomic mass is 9.90. The first-order valence-electron chi connectivity index (χ1n) is 14.9. The lowest BCUT2D eigenvalue weighted by Gasteiger charge is -2.22. The zero-order valence-electron chi connectivity index (χ0n) is 24.2.